The van der Waals surface area contributed by atoms with Gasteiger partial charge in [-0.15, -0.1) is 0 Å². The van der Waals surface area contributed by atoms with Crippen molar-refractivity contribution in [1.29, 1.82) is 0 Å². The molecule has 0 aromatic heterocycles. The van der Waals surface area contributed by atoms with Gasteiger partial charge in [0.25, 0.3) is 5.91 Å². The number of carbonyl (C=O) groups is 3. The third-order valence-corrected chi connectivity index (χ3v) is 4.45. The number of amides is 3. The maximum absolute atomic E-state index is 12.0. The van der Waals surface area contributed by atoms with E-state index in [1.165, 1.54) is 12.5 Å². The van der Waals surface area contributed by atoms with Crippen molar-refractivity contribution in [1.82, 2.24) is 5.32 Å². The quantitative estimate of drug-likeness (QED) is 0.589. The average Bonchev–Trinajstić information content (AvgIpc) is 2.72. The molecule has 0 unspecified atom stereocenters. The van der Waals surface area contributed by atoms with Crippen LogP contribution in [0.5, 0.6) is 0 Å². The molecule has 0 saturated carbocycles. The molecule has 2 aromatic rings. The zero-order valence-electron chi connectivity index (χ0n) is 16.9. The van der Waals surface area contributed by atoms with Crippen LogP contribution in [0.15, 0.2) is 54.6 Å². The van der Waals surface area contributed by atoms with Crippen molar-refractivity contribution in [3.05, 3.63) is 60.2 Å². The Morgan fingerprint density at radius 1 is 0.897 bits per heavy atom. The first-order valence-corrected chi connectivity index (χ1v) is 9.58. The highest BCUT2D eigenvalue weighted by atomic mass is 16.5. The number of nitrogens with one attached hydrogen (secondary N) is 3. The topological polar surface area (TPSA) is 96.5 Å². The maximum atomic E-state index is 12.0. The van der Waals surface area contributed by atoms with E-state index in [-0.39, 0.29) is 0 Å². The molecule has 0 saturated heterocycles. The van der Waals surface area contributed by atoms with Crippen LogP contribution in [0.25, 0.3) is 0 Å². The first-order valence-electron chi connectivity index (χ1n) is 9.58. The molecule has 0 fully saturated rings. The maximum Gasteiger partial charge on any atom is 0.328 e. The molecule has 3 amide bonds. The molecule has 0 heterocycles. The van der Waals surface area contributed by atoms with E-state index in [1.54, 1.807) is 24.3 Å². The summed E-state index contributed by atoms with van der Waals surface area (Å²) in [7, 11) is 0. The Morgan fingerprint density at radius 3 is 2.14 bits per heavy atom. The summed E-state index contributed by atoms with van der Waals surface area (Å²) in [6.07, 6.45) is 1.04. The molecule has 2 rings (SSSR count). The zero-order chi connectivity index (χ0) is 21.2. The molecule has 0 aliphatic rings. The molecule has 29 heavy (non-hydrogen) atoms. The smallest absolute Gasteiger partial charge is 0.328 e. The third-order valence-electron chi connectivity index (χ3n) is 4.45. The minimum Gasteiger partial charge on any atom is -0.454 e. The molecule has 7 nitrogen and oxygen atoms in total. The molecule has 0 aliphatic heterocycles. The lowest BCUT2D eigenvalue weighted by molar-refractivity contribution is -0.148. The van der Waals surface area contributed by atoms with Crippen molar-refractivity contribution in [3.63, 3.8) is 0 Å². The van der Waals surface area contributed by atoms with E-state index >= 15 is 0 Å². The van der Waals surface area contributed by atoms with Crippen LogP contribution in [0.3, 0.4) is 0 Å². The van der Waals surface area contributed by atoms with Crippen LogP contribution in [0, 0.1) is 0 Å². The van der Waals surface area contributed by atoms with Crippen LogP contribution in [-0.2, 0) is 14.3 Å². The second kappa shape index (κ2) is 10.8. The molecule has 0 spiro atoms. The van der Waals surface area contributed by atoms with Gasteiger partial charge in [0, 0.05) is 11.4 Å². The van der Waals surface area contributed by atoms with Crippen molar-refractivity contribution in [2.75, 3.05) is 17.2 Å². The monoisotopic (exact) mass is 397 g/mol. The van der Waals surface area contributed by atoms with Gasteiger partial charge in [0.2, 0.25) is 0 Å². The molecule has 0 radical (unpaired) electrons. The van der Waals surface area contributed by atoms with Crippen molar-refractivity contribution in [2.45, 2.75) is 39.2 Å². The summed E-state index contributed by atoms with van der Waals surface area (Å²) < 4.78 is 4.97. The zero-order valence-corrected chi connectivity index (χ0v) is 16.9. The molecule has 3 N–H and O–H groups in total. The molecule has 2 aromatic carbocycles. The Balaban J connectivity index is 1.74. The fourth-order valence-corrected chi connectivity index (χ4v) is 2.53. The van der Waals surface area contributed by atoms with E-state index in [2.05, 4.69) is 29.8 Å². The summed E-state index contributed by atoms with van der Waals surface area (Å²) in [4.78, 5) is 35.9. The summed E-state index contributed by atoms with van der Waals surface area (Å²) in [6.45, 7) is 5.31. The van der Waals surface area contributed by atoms with Gasteiger partial charge in [0.1, 0.15) is 6.04 Å². The minimum absolute atomic E-state index is 0.432. The number of carbonyl (C=O) groups excluding carboxylic acids is 3. The summed E-state index contributed by atoms with van der Waals surface area (Å²) in [5.74, 6) is -0.695. The lowest BCUT2D eigenvalue weighted by Crippen LogP contribution is -2.42. The first kappa shape index (κ1) is 21.9. The van der Waals surface area contributed by atoms with Gasteiger partial charge in [-0.2, -0.15) is 0 Å². The highest BCUT2D eigenvalue weighted by molar-refractivity contribution is 5.94. The number of urea groups is 1. The van der Waals surface area contributed by atoms with E-state index in [4.69, 9.17) is 4.74 Å². The van der Waals surface area contributed by atoms with Gasteiger partial charge in [-0.05, 0) is 49.1 Å². The Morgan fingerprint density at radius 2 is 1.52 bits per heavy atom. The largest absolute Gasteiger partial charge is 0.454 e. The van der Waals surface area contributed by atoms with Gasteiger partial charge >= 0.3 is 12.0 Å². The van der Waals surface area contributed by atoms with Crippen molar-refractivity contribution in [3.8, 4) is 0 Å². The predicted molar refractivity (Wildman–Crippen MR) is 113 cm³/mol. The molecule has 154 valence electrons. The predicted octanol–water partition coefficient (Wildman–Crippen LogP) is 3.89. The molecule has 7 heteroatoms. The molecular weight excluding hydrogens is 370 g/mol. The van der Waals surface area contributed by atoms with Crippen LogP contribution < -0.4 is 16.0 Å². The fourth-order valence-electron chi connectivity index (χ4n) is 2.53. The summed E-state index contributed by atoms with van der Waals surface area (Å²) >= 11 is 0. The van der Waals surface area contributed by atoms with Gasteiger partial charge in [-0.3, -0.25) is 4.79 Å². The van der Waals surface area contributed by atoms with Crippen LogP contribution in [0.4, 0.5) is 16.2 Å². The van der Waals surface area contributed by atoms with E-state index in [0.29, 0.717) is 17.3 Å². The van der Waals surface area contributed by atoms with Gasteiger partial charge in [0.05, 0.1) is 0 Å². The van der Waals surface area contributed by atoms with Crippen LogP contribution in [0.1, 0.15) is 38.7 Å². The molecular formula is C22H27N3O4. The van der Waals surface area contributed by atoms with Crippen LogP contribution >= 0.6 is 0 Å². The highest BCUT2D eigenvalue weighted by Gasteiger charge is 2.18. The number of hydrogen-bond acceptors (Lipinski definition) is 4. The van der Waals surface area contributed by atoms with E-state index < -0.39 is 30.6 Å². The minimum atomic E-state index is -0.902. The highest BCUT2D eigenvalue weighted by Crippen LogP contribution is 2.20. The van der Waals surface area contributed by atoms with Crippen molar-refractivity contribution in [2.24, 2.45) is 0 Å². The number of anilines is 2. The molecule has 2 atom stereocenters. The second-order valence-corrected chi connectivity index (χ2v) is 6.77. The number of esters is 1. The van der Waals surface area contributed by atoms with E-state index in [1.807, 2.05) is 30.3 Å². The summed E-state index contributed by atoms with van der Waals surface area (Å²) in [5.41, 5.74) is 2.43. The van der Waals surface area contributed by atoms with E-state index in [0.717, 1.165) is 6.42 Å². The Bertz CT molecular complexity index is 822. The Kier molecular flexibility index (Phi) is 8.21. The van der Waals surface area contributed by atoms with Crippen LogP contribution in [-0.4, -0.2) is 30.6 Å². The van der Waals surface area contributed by atoms with E-state index in [9.17, 15) is 14.4 Å². The Labute approximate surface area is 170 Å². The van der Waals surface area contributed by atoms with Gasteiger partial charge < -0.3 is 20.7 Å². The van der Waals surface area contributed by atoms with Crippen molar-refractivity contribution < 1.29 is 19.1 Å². The number of ether oxygens (including phenoxy) is 1. The number of rotatable bonds is 8. The normalized spacial score (nSPS) is 12.4. The first-order chi connectivity index (χ1) is 13.9. The second-order valence-electron chi connectivity index (χ2n) is 6.77. The molecule has 0 aliphatic carbocycles. The number of hydrogen-bond donors (Lipinski definition) is 3. The summed E-state index contributed by atoms with van der Waals surface area (Å²) in [5, 5.41) is 7.75. The van der Waals surface area contributed by atoms with Gasteiger partial charge in [-0.25, -0.2) is 9.59 Å². The third kappa shape index (κ3) is 7.29. The Hall–Kier alpha value is -3.35. The fraction of sp³-hybridized carbons (Fsp3) is 0.318. The van der Waals surface area contributed by atoms with Gasteiger partial charge in [0.15, 0.2) is 6.61 Å². The lowest BCUT2D eigenvalue weighted by atomic mass is 9.99. The lowest BCUT2D eigenvalue weighted by Gasteiger charge is -2.14. The van der Waals surface area contributed by atoms with Crippen molar-refractivity contribution >= 4 is 29.3 Å². The molecule has 0 bridgehead atoms. The average molecular weight is 397 g/mol. The van der Waals surface area contributed by atoms with Crippen LogP contribution in [0.2, 0.25) is 0 Å². The number of para-hydroxylation sites is 1. The SMILES string of the molecule is CC[C@@H](C)c1ccc(NC(=O)COC(=O)[C@H](C)NC(=O)Nc2ccccc2)cc1. The standard InChI is InChI=1S/C22H27N3O4/c1-4-15(2)17-10-12-19(13-11-17)24-20(26)14-29-21(27)16(3)23-22(28)25-18-8-6-5-7-9-18/h5-13,15-16H,4,14H2,1-3H3,(H,24,26)(H2,23,25,28)/t15-,16+/m1/s1. The number of benzene rings is 2. The summed E-state index contributed by atoms with van der Waals surface area (Å²) in [6, 6.07) is 15.0. The van der Waals surface area contributed by atoms with Gasteiger partial charge in [-0.1, -0.05) is 44.2 Å².